The van der Waals surface area contributed by atoms with E-state index in [1.807, 2.05) is 36.1 Å². The summed E-state index contributed by atoms with van der Waals surface area (Å²) in [5.41, 5.74) is 2.04. The molecule has 0 N–H and O–H groups in total. The molecular weight excluding hydrogens is 476 g/mol. The lowest BCUT2D eigenvalue weighted by Crippen LogP contribution is -2.40. The summed E-state index contributed by atoms with van der Waals surface area (Å²) in [5.74, 6) is 1.30. The Hall–Kier alpha value is -3.72. The molecule has 0 radical (unpaired) electrons. The molecule has 1 amide bonds. The highest BCUT2D eigenvalue weighted by Gasteiger charge is 2.39. The second kappa shape index (κ2) is 10.1. The number of carbonyl (C=O) groups excluding carboxylic acids is 1. The molecule has 9 heteroatoms. The van der Waals surface area contributed by atoms with E-state index < -0.39 is 4.92 Å². The predicted molar refractivity (Wildman–Crippen MR) is 141 cm³/mol. The van der Waals surface area contributed by atoms with Crippen molar-refractivity contribution in [3.05, 3.63) is 80.6 Å². The molecule has 2 aliphatic rings. The zero-order valence-corrected chi connectivity index (χ0v) is 21.0. The first-order valence-electron chi connectivity index (χ1n) is 12.0. The summed E-state index contributed by atoms with van der Waals surface area (Å²) in [6.45, 7) is 3.72. The number of aromatic nitrogens is 1. The van der Waals surface area contributed by atoms with Gasteiger partial charge >= 0.3 is 0 Å². The molecule has 0 atom stereocenters. The highest BCUT2D eigenvalue weighted by Crippen LogP contribution is 2.39. The van der Waals surface area contributed by atoms with Gasteiger partial charge in [0.2, 0.25) is 0 Å². The number of furan rings is 1. The van der Waals surface area contributed by atoms with E-state index in [4.69, 9.17) is 9.41 Å². The molecule has 8 nitrogen and oxygen atoms in total. The van der Waals surface area contributed by atoms with Gasteiger partial charge in [-0.1, -0.05) is 31.4 Å². The van der Waals surface area contributed by atoms with E-state index in [2.05, 4.69) is 4.98 Å². The van der Waals surface area contributed by atoms with Crippen LogP contribution in [0.25, 0.3) is 17.4 Å². The van der Waals surface area contributed by atoms with Crippen molar-refractivity contribution < 1.29 is 14.1 Å². The fraction of sp³-hybridized carbons (Fsp3) is 0.296. The number of hydrogen-bond donors (Lipinski definition) is 0. The highest BCUT2D eigenvalue weighted by molar-refractivity contribution is 8.18. The molecule has 0 bridgehead atoms. The van der Waals surface area contributed by atoms with E-state index in [0.717, 1.165) is 36.9 Å². The molecule has 0 unspecified atom stereocenters. The molecule has 2 fully saturated rings. The number of rotatable bonds is 5. The normalized spacial score (nSPS) is 18.9. The first kappa shape index (κ1) is 24.0. The summed E-state index contributed by atoms with van der Waals surface area (Å²) < 4.78 is 5.94. The minimum atomic E-state index is -0.413. The molecule has 0 spiro atoms. The Bertz CT molecular complexity index is 1390. The molecule has 5 rings (SSSR count). The Morgan fingerprint density at radius 3 is 2.69 bits per heavy atom. The van der Waals surface area contributed by atoms with Crippen LogP contribution in [0.15, 0.2) is 62.8 Å². The van der Waals surface area contributed by atoms with Crippen molar-refractivity contribution in [1.82, 2.24) is 9.88 Å². The number of amides is 1. The van der Waals surface area contributed by atoms with Gasteiger partial charge in [-0.15, -0.1) is 0 Å². The number of nitro groups is 1. The molecule has 3 heterocycles. The van der Waals surface area contributed by atoms with Crippen molar-refractivity contribution in [2.24, 2.45) is 4.99 Å². The van der Waals surface area contributed by atoms with Gasteiger partial charge in [0.15, 0.2) is 11.0 Å². The van der Waals surface area contributed by atoms with Gasteiger partial charge in [-0.25, -0.2) is 9.98 Å². The molecule has 1 aromatic carbocycles. The van der Waals surface area contributed by atoms with Crippen molar-refractivity contribution in [3.63, 3.8) is 0 Å². The van der Waals surface area contributed by atoms with Gasteiger partial charge in [0, 0.05) is 23.9 Å². The van der Waals surface area contributed by atoms with Crippen molar-refractivity contribution >= 4 is 40.4 Å². The Morgan fingerprint density at radius 1 is 1.14 bits per heavy atom. The number of hydrogen-bond acceptors (Lipinski definition) is 7. The second-order valence-corrected chi connectivity index (χ2v) is 10.1. The largest absolute Gasteiger partial charge is 0.456 e. The summed E-state index contributed by atoms with van der Waals surface area (Å²) in [6, 6.07) is 14.2. The van der Waals surface area contributed by atoms with E-state index in [1.165, 1.54) is 24.2 Å². The van der Waals surface area contributed by atoms with Gasteiger partial charge in [0.1, 0.15) is 11.5 Å². The van der Waals surface area contributed by atoms with Gasteiger partial charge in [0.25, 0.3) is 11.6 Å². The third-order valence-corrected chi connectivity index (χ3v) is 7.36. The highest BCUT2D eigenvalue weighted by atomic mass is 32.2. The van der Waals surface area contributed by atoms with Crippen molar-refractivity contribution in [2.45, 2.75) is 52.0 Å². The van der Waals surface area contributed by atoms with Crippen LogP contribution in [-0.2, 0) is 4.79 Å². The SMILES string of the molecule is Cc1ccc(-c2ccc(/C=C3/S/C(=N/c4cccc(C)n4)N(C4CCCCC4)C3=O)o2)c([N+](=O)[O-])c1. The monoisotopic (exact) mass is 502 g/mol. The third-order valence-electron chi connectivity index (χ3n) is 6.38. The quantitative estimate of drug-likeness (QED) is 0.216. The van der Waals surface area contributed by atoms with Gasteiger partial charge in [0.05, 0.1) is 15.4 Å². The fourth-order valence-electron chi connectivity index (χ4n) is 4.62. The van der Waals surface area contributed by atoms with Crippen molar-refractivity contribution in [3.8, 4) is 11.3 Å². The maximum atomic E-state index is 13.5. The zero-order chi connectivity index (χ0) is 25.2. The summed E-state index contributed by atoms with van der Waals surface area (Å²) in [4.78, 5) is 36.2. The molecule has 1 aliphatic carbocycles. The van der Waals surface area contributed by atoms with E-state index in [0.29, 0.717) is 33.0 Å². The van der Waals surface area contributed by atoms with Crippen LogP contribution in [0.2, 0.25) is 0 Å². The van der Waals surface area contributed by atoms with Crippen LogP contribution in [0.5, 0.6) is 0 Å². The zero-order valence-electron chi connectivity index (χ0n) is 20.1. The Labute approximate surface area is 213 Å². The number of benzene rings is 1. The van der Waals surface area contributed by atoms with Gasteiger partial charge in [-0.2, -0.15) is 0 Å². The van der Waals surface area contributed by atoms with Crippen LogP contribution in [0.3, 0.4) is 0 Å². The lowest BCUT2D eigenvalue weighted by molar-refractivity contribution is -0.384. The average molecular weight is 503 g/mol. The van der Waals surface area contributed by atoms with E-state index in [9.17, 15) is 14.9 Å². The van der Waals surface area contributed by atoms with Crippen LogP contribution in [0, 0.1) is 24.0 Å². The number of pyridine rings is 1. The second-order valence-electron chi connectivity index (χ2n) is 9.09. The standard InChI is InChI=1S/C27H26N4O4S/c1-17-11-13-21(22(15-17)31(33)34)23-14-12-20(35-23)16-24-26(32)30(19-8-4-3-5-9-19)27(36-24)29-25-10-6-7-18(2)28-25/h6-7,10-16,19H,3-5,8-9H2,1-2H3/b24-16+,29-27+. The lowest BCUT2D eigenvalue weighted by Gasteiger charge is -2.30. The maximum Gasteiger partial charge on any atom is 0.280 e. The number of aryl methyl sites for hydroxylation is 2. The predicted octanol–water partition coefficient (Wildman–Crippen LogP) is 6.80. The smallest absolute Gasteiger partial charge is 0.280 e. The first-order chi connectivity index (χ1) is 17.4. The van der Waals surface area contributed by atoms with Crippen LogP contribution in [-0.4, -0.2) is 31.9 Å². The maximum absolute atomic E-state index is 13.5. The summed E-state index contributed by atoms with van der Waals surface area (Å²) in [7, 11) is 0. The van der Waals surface area contributed by atoms with Crippen molar-refractivity contribution in [1.29, 1.82) is 0 Å². The van der Waals surface area contributed by atoms with Crippen molar-refractivity contribution in [2.75, 3.05) is 0 Å². The fourth-order valence-corrected chi connectivity index (χ4v) is 5.65. The number of carbonyl (C=O) groups is 1. The van der Waals surface area contributed by atoms with Gasteiger partial charge < -0.3 is 4.42 Å². The number of thioether (sulfide) groups is 1. The Balaban J connectivity index is 1.48. The molecular formula is C27H26N4O4S. The molecule has 1 saturated carbocycles. The van der Waals surface area contributed by atoms with E-state index >= 15 is 0 Å². The summed E-state index contributed by atoms with van der Waals surface area (Å²) >= 11 is 1.31. The van der Waals surface area contributed by atoms with E-state index in [1.54, 1.807) is 31.2 Å². The molecule has 2 aromatic heterocycles. The number of amidine groups is 1. The Morgan fingerprint density at radius 2 is 1.94 bits per heavy atom. The molecule has 1 saturated heterocycles. The average Bonchev–Trinajstić information content (AvgIpc) is 3.44. The van der Waals surface area contributed by atoms with Crippen LogP contribution < -0.4 is 0 Å². The van der Waals surface area contributed by atoms with Gasteiger partial charge in [-0.05, 0) is 74.3 Å². The lowest BCUT2D eigenvalue weighted by atomic mass is 9.94. The summed E-state index contributed by atoms with van der Waals surface area (Å²) in [6.07, 6.45) is 6.94. The van der Waals surface area contributed by atoms with Crippen LogP contribution >= 0.6 is 11.8 Å². The van der Waals surface area contributed by atoms with E-state index in [-0.39, 0.29) is 17.6 Å². The third kappa shape index (κ3) is 4.97. The summed E-state index contributed by atoms with van der Waals surface area (Å²) in [5, 5.41) is 12.2. The topological polar surface area (TPSA) is 102 Å². The number of aliphatic imine (C=N–C) groups is 1. The van der Waals surface area contributed by atoms with Gasteiger partial charge in [-0.3, -0.25) is 19.8 Å². The first-order valence-corrected chi connectivity index (χ1v) is 12.8. The van der Waals surface area contributed by atoms with Crippen LogP contribution in [0.4, 0.5) is 11.5 Å². The Kier molecular flexibility index (Phi) is 6.73. The molecule has 3 aromatic rings. The number of nitrogens with zero attached hydrogens (tertiary/aromatic N) is 4. The minimum Gasteiger partial charge on any atom is -0.456 e. The number of nitro benzene ring substituents is 1. The molecule has 1 aliphatic heterocycles. The molecule has 184 valence electrons. The molecule has 36 heavy (non-hydrogen) atoms. The minimum absolute atomic E-state index is 0.0154. The van der Waals surface area contributed by atoms with Crippen LogP contribution in [0.1, 0.15) is 49.1 Å².